The van der Waals surface area contributed by atoms with Crippen molar-refractivity contribution in [2.45, 2.75) is 20.3 Å². The molecule has 0 bridgehead atoms. The normalized spacial score (nSPS) is 18.4. The second kappa shape index (κ2) is 3.95. The van der Waals surface area contributed by atoms with Crippen LogP contribution in [0.4, 0.5) is 11.4 Å². The Kier molecular flexibility index (Phi) is 2.73. The first-order valence-corrected chi connectivity index (χ1v) is 5.83. The smallest absolute Gasteiger partial charge is 0.250 e. The van der Waals surface area contributed by atoms with Crippen molar-refractivity contribution in [1.82, 2.24) is 0 Å². The summed E-state index contributed by atoms with van der Waals surface area (Å²) in [6, 6.07) is 5.49. The van der Waals surface area contributed by atoms with Gasteiger partial charge in [0.1, 0.15) is 0 Å². The zero-order valence-electron chi connectivity index (χ0n) is 10.4. The van der Waals surface area contributed by atoms with Crippen LogP contribution in [0.1, 0.15) is 30.6 Å². The fourth-order valence-corrected chi connectivity index (χ4v) is 2.29. The quantitative estimate of drug-likeness (QED) is 0.762. The number of primary amides is 1. The van der Waals surface area contributed by atoms with Crippen molar-refractivity contribution in [3.63, 3.8) is 0 Å². The molecule has 1 aliphatic rings. The van der Waals surface area contributed by atoms with Gasteiger partial charge in [0.15, 0.2) is 0 Å². The predicted molar refractivity (Wildman–Crippen MR) is 70.0 cm³/mol. The molecule has 0 radical (unpaired) electrons. The molecule has 0 unspecified atom stereocenters. The number of amides is 1. The van der Waals surface area contributed by atoms with Gasteiger partial charge in [-0.15, -0.1) is 0 Å². The van der Waals surface area contributed by atoms with Crippen LogP contribution in [0.2, 0.25) is 0 Å². The van der Waals surface area contributed by atoms with Crippen LogP contribution in [0, 0.1) is 5.41 Å². The molecule has 1 heterocycles. The van der Waals surface area contributed by atoms with Crippen LogP contribution in [-0.2, 0) is 0 Å². The number of carbonyl (C=O) groups excluding carboxylic acids is 1. The standard InChI is InChI=1S/C13H19N3O/c1-13(2)5-6-16(8-13)9-3-4-11(14)10(7-9)12(15)17/h3-4,7H,5-6,8,14H2,1-2H3,(H2,15,17). The second-order valence-corrected chi connectivity index (χ2v) is 5.47. The summed E-state index contributed by atoms with van der Waals surface area (Å²) < 4.78 is 0. The molecule has 1 aliphatic heterocycles. The zero-order chi connectivity index (χ0) is 12.6. The van der Waals surface area contributed by atoms with Gasteiger partial charge in [-0.1, -0.05) is 13.8 Å². The largest absolute Gasteiger partial charge is 0.398 e. The van der Waals surface area contributed by atoms with Gasteiger partial charge in [-0.3, -0.25) is 4.79 Å². The van der Waals surface area contributed by atoms with Crippen LogP contribution < -0.4 is 16.4 Å². The van der Waals surface area contributed by atoms with E-state index in [1.165, 1.54) is 0 Å². The first kappa shape index (κ1) is 11.8. The molecule has 92 valence electrons. The van der Waals surface area contributed by atoms with E-state index in [0.717, 1.165) is 25.2 Å². The van der Waals surface area contributed by atoms with Crippen molar-refractivity contribution < 1.29 is 4.79 Å². The molecule has 4 nitrogen and oxygen atoms in total. The number of nitrogens with two attached hydrogens (primary N) is 2. The lowest BCUT2D eigenvalue weighted by atomic mass is 9.93. The van der Waals surface area contributed by atoms with E-state index in [0.29, 0.717) is 16.7 Å². The number of hydrogen-bond acceptors (Lipinski definition) is 3. The fraction of sp³-hybridized carbons (Fsp3) is 0.462. The molecule has 4 N–H and O–H groups in total. The van der Waals surface area contributed by atoms with E-state index in [1.54, 1.807) is 12.1 Å². The summed E-state index contributed by atoms with van der Waals surface area (Å²) in [7, 11) is 0. The van der Waals surface area contributed by atoms with Gasteiger partial charge in [-0.2, -0.15) is 0 Å². The minimum atomic E-state index is -0.470. The summed E-state index contributed by atoms with van der Waals surface area (Å²) in [5, 5.41) is 0. The highest BCUT2D eigenvalue weighted by Gasteiger charge is 2.29. The maximum atomic E-state index is 11.2. The number of carbonyl (C=O) groups is 1. The lowest BCUT2D eigenvalue weighted by Gasteiger charge is -2.22. The predicted octanol–water partition coefficient (Wildman–Crippen LogP) is 1.60. The summed E-state index contributed by atoms with van der Waals surface area (Å²) in [5.41, 5.74) is 13.2. The Balaban J connectivity index is 2.29. The molecular formula is C13H19N3O. The monoisotopic (exact) mass is 233 g/mol. The average Bonchev–Trinajstić information content (AvgIpc) is 2.59. The van der Waals surface area contributed by atoms with Crippen LogP contribution >= 0.6 is 0 Å². The molecule has 0 atom stereocenters. The minimum absolute atomic E-state index is 0.328. The summed E-state index contributed by atoms with van der Waals surface area (Å²) >= 11 is 0. The third-order valence-electron chi connectivity index (χ3n) is 3.34. The van der Waals surface area contributed by atoms with Crippen LogP contribution in [0.25, 0.3) is 0 Å². The molecule has 0 aromatic heterocycles. The minimum Gasteiger partial charge on any atom is -0.398 e. The average molecular weight is 233 g/mol. The summed E-state index contributed by atoms with van der Waals surface area (Å²) in [6.45, 7) is 6.50. The lowest BCUT2D eigenvalue weighted by molar-refractivity contribution is 0.100. The second-order valence-electron chi connectivity index (χ2n) is 5.47. The van der Waals surface area contributed by atoms with Gasteiger partial charge >= 0.3 is 0 Å². The Hall–Kier alpha value is -1.71. The summed E-state index contributed by atoms with van der Waals surface area (Å²) in [6.07, 6.45) is 1.16. The number of nitrogen functional groups attached to an aromatic ring is 1. The Bertz CT molecular complexity index is 454. The van der Waals surface area contributed by atoms with Crippen molar-refractivity contribution in [2.75, 3.05) is 23.7 Å². The fourth-order valence-electron chi connectivity index (χ4n) is 2.29. The van der Waals surface area contributed by atoms with Gasteiger partial charge in [0.05, 0.1) is 5.56 Å². The topological polar surface area (TPSA) is 72.3 Å². The van der Waals surface area contributed by atoms with E-state index in [9.17, 15) is 4.79 Å². The van der Waals surface area contributed by atoms with Gasteiger partial charge in [-0.25, -0.2) is 0 Å². The van der Waals surface area contributed by atoms with E-state index in [1.807, 2.05) is 6.07 Å². The van der Waals surface area contributed by atoms with Crippen molar-refractivity contribution in [2.24, 2.45) is 11.1 Å². The molecule has 0 aliphatic carbocycles. The van der Waals surface area contributed by atoms with E-state index in [4.69, 9.17) is 11.5 Å². The first-order chi connectivity index (χ1) is 7.89. The van der Waals surface area contributed by atoms with E-state index in [2.05, 4.69) is 18.7 Å². The maximum Gasteiger partial charge on any atom is 0.250 e. The van der Waals surface area contributed by atoms with Gasteiger partial charge in [-0.05, 0) is 30.0 Å². The highest BCUT2D eigenvalue weighted by Crippen LogP contribution is 2.33. The number of rotatable bonds is 2. The molecule has 4 heteroatoms. The number of benzene rings is 1. The lowest BCUT2D eigenvalue weighted by Crippen LogP contribution is -2.23. The molecule has 1 aromatic rings. The number of anilines is 2. The molecule has 17 heavy (non-hydrogen) atoms. The van der Waals surface area contributed by atoms with E-state index >= 15 is 0 Å². The molecule has 1 fully saturated rings. The Morgan fingerprint density at radius 1 is 1.41 bits per heavy atom. The highest BCUT2D eigenvalue weighted by molar-refractivity contribution is 5.99. The Morgan fingerprint density at radius 2 is 2.12 bits per heavy atom. The van der Waals surface area contributed by atoms with Crippen LogP contribution in [0.5, 0.6) is 0 Å². The van der Waals surface area contributed by atoms with E-state index < -0.39 is 5.91 Å². The van der Waals surface area contributed by atoms with Crippen molar-refractivity contribution in [1.29, 1.82) is 0 Å². The van der Waals surface area contributed by atoms with Crippen LogP contribution in [0.3, 0.4) is 0 Å². The highest BCUT2D eigenvalue weighted by atomic mass is 16.1. The molecule has 2 rings (SSSR count). The molecular weight excluding hydrogens is 214 g/mol. The van der Waals surface area contributed by atoms with Gasteiger partial charge in [0, 0.05) is 24.5 Å². The van der Waals surface area contributed by atoms with Gasteiger partial charge in [0.25, 0.3) is 5.91 Å². The molecule has 1 amide bonds. The SMILES string of the molecule is CC1(C)CCN(c2ccc(N)c(C(N)=O)c2)C1. The Labute approximate surface area is 102 Å². The summed E-state index contributed by atoms with van der Waals surface area (Å²) in [5.74, 6) is -0.470. The molecule has 0 spiro atoms. The molecule has 1 saturated heterocycles. The van der Waals surface area contributed by atoms with Crippen LogP contribution in [-0.4, -0.2) is 19.0 Å². The molecule has 0 saturated carbocycles. The van der Waals surface area contributed by atoms with Crippen molar-refractivity contribution in [3.05, 3.63) is 23.8 Å². The first-order valence-electron chi connectivity index (χ1n) is 5.83. The third-order valence-corrected chi connectivity index (χ3v) is 3.34. The van der Waals surface area contributed by atoms with Gasteiger partial charge in [0.2, 0.25) is 0 Å². The number of nitrogens with zero attached hydrogens (tertiary/aromatic N) is 1. The Morgan fingerprint density at radius 3 is 2.65 bits per heavy atom. The van der Waals surface area contributed by atoms with Crippen molar-refractivity contribution in [3.8, 4) is 0 Å². The zero-order valence-corrected chi connectivity index (χ0v) is 10.4. The van der Waals surface area contributed by atoms with E-state index in [-0.39, 0.29) is 0 Å². The van der Waals surface area contributed by atoms with Gasteiger partial charge < -0.3 is 16.4 Å². The van der Waals surface area contributed by atoms with Crippen molar-refractivity contribution >= 4 is 17.3 Å². The number of hydrogen-bond donors (Lipinski definition) is 2. The van der Waals surface area contributed by atoms with Crippen LogP contribution in [0.15, 0.2) is 18.2 Å². The third kappa shape index (κ3) is 2.35. The maximum absolute atomic E-state index is 11.2. The molecule has 1 aromatic carbocycles. The summed E-state index contributed by atoms with van der Waals surface area (Å²) in [4.78, 5) is 13.5.